The van der Waals surface area contributed by atoms with Crippen molar-refractivity contribution in [3.63, 3.8) is 0 Å². The van der Waals surface area contributed by atoms with Gasteiger partial charge in [-0.1, -0.05) is 6.42 Å². The van der Waals surface area contributed by atoms with Crippen LogP contribution in [-0.2, 0) is 10.0 Å². The van der Waals surface area contributed by atoms with E-state index in [1.54, 1.807) is 24.3 Å². The lowest BCUT2D eigenvalue weighted by Gasteiger charge is -2.28. The summed E-state index contributed by atoms with van der Waals surface area (Å²) in [6, 6.07) is 6.37. The van der Waals surface area contributed by atoms with Crippen LogP contribution in [0.4, 0.5) is 5.69 Å². The van der Waals surface area contributed by atoms with E-state index in [1.165, 1.54) is 6.42 Å². The highest BCUT2D eigenvalue weighted by molar-refractivity contribution is 7.99. The number of rotatable bonds is 4. The second-order valence-electron chi connectivity index (χ2n) is 4.91. The molecule has 0 radical (unpaired) electrons. The van der Waals surface area contributed by atoms with Gasteiger partial charge >= 0.3 is 0 Å². The molecule has 0 bridgehead atoms. The van der Waals surface area contributed by atoms with Crippen LogP contribution >= 0.6 is 11.8 Å². The van der Waals surface area contributed by atoms with Crippen molar-refractivity contribution in [2.75, 3.05) is 12.0 Å². The Bertz CT molecular complexity index is 514. The molecule has 1 aromatic rings. The SMILES string of the molecule is CSC1CCCC(NS(=O)(=O)c2ccc(N)cc2)C1. The number of thioether (sulfide) groups is 1. The summed E-state index contributed by atoms with van der Waals surface area (Å²) in [6.07, 6.45) is 6.18. The summed E-state index contributed by atoms with van der Waals surface area (Å²) in [5, 5.41) is 0.563. The Morgan fingerprint density at radius 3 is 2.58 bits per heavy atom. The Morgan fingerprint density at radius 1 is 1.26 bits per heavy atom. The van der Waals surface area contributed by atoms with Gasteiger partial charge in [0.25, 0.3) is 0 Å². The van der Waals surface area contributed by atoms with E-state index in [0.717, 1.165) is 19.3 Å². The summed E-state index contributed by atoms with van der Waals surface area (Å²) >= 11 is 1.82. The highest BCUT2D eigenvalue weighted by Gasteiger charge is 2.25. The molecule has 1 aliphatic carbocycles. The minimum atomic E-state index is -3.42. The molecule has 1 fully saturated rings. The lowest BCUT2D eigenvalue weighted by atomic mass is 9.96. The molecule has 0 heterocycles. The zero-order valence-electron chi connectivity index (χ0n) is 11.0. The van der Waals surface area contributed by atoms with E-state index in [1.807, 2.05) is 11.8 Å². The van der Waals surface area contributed by atoms with Crippen molar-refractivity contribution < 1.29 is 8.42 Å². The molecule has 6 heteroatoms. The van der Waals surface area contributed by atoms with E-state index >= 15 is 0 Å². The minimum Gasteiger partial charge on any atom is -0.399 e. The normalized spacial score (nSPS) is 24.3. The van der Waals surface area contributed by atoms with Gasteiger partial charge < -0.3 is 5.73 Å². The highest BCUT2D eigenvalue weighted by atomic mass is 32.2. The van der Waals surface area contributed by atoms with Crippen molar-refractivity contribution in [2.45, 2.75) is 41.9 Å². The first-order chi connectivity index (χ1) is 9.01. The third-order valence-electron chi connectivity index (χ3n) is 3.47. The van der Waals surface area contributed by atoms with Crippen molar-refractivity contribution in [1.29, 1.82) is 0 Å². The van der Waals surface area contributed by atoms with Gasteiger partial charge in [-0.2, -0.15) is 11.8 Å². The summed E-state index contributed by atoms with van der Waals surface area (Å²) in [5.74, 6) is 0. The number of nitrogen functional groups attached to an aromatic ring is 1. The molecule has 2 atom stereocenters. The predicted molar refractivity (Wildman–Crippen MR) is 80.7 cm³/mol. The third kappa shape index (κ3) is 3.87. The van der Waals surface area contributed by atoms with Crippen LogP contribution in [0.15, 0.2) is 29.2 Å². The molecule has 0 saturated heterocycles. The van der Waals surface area contributed by atoms with Crippen molar-refractivity contribution in [3.05, 3.63) is 24.3 Å². The van der Waals surface area contributed by atoms with Crippen LogP contribution in [0, 0.1) is 0 Å². The summed E-state index contributed by atoms with van der Waals surface area (Å²) in [6.45, 7) is 0. The first-order valence-corrected chi connectivity index (χ1v) is 9.19. The summed E-state index contributed by atoms with van der Waals surface area (Å²) in [4.78, 5) is 0.285. The number of nitrogens with two attached hydrogens (primary N) is 1. The van der Waals surface area contributed by atoms with Gasteiger partial charge in [0.05, 0.1) is 4.90 Å². The molecule has 2 unspecified atom stereocenters. The Morgan fingerprint density at radius 2 is 1.95 bits per heavy atom. The van der Waals surface area contributed by atoms with Crippen molar-refractivity contribution in [3.8, 4) is 0 Å². The molecule has 3 N–H and O–H groups in total. The van der Waals surface area contributed by atoms with Gasteiger partial charge in [0.15, 0.2) is 0 Å². The average molecular weight is 300 g/mol. The number of benzene rings is 1. The Labute approximate surface area is 119 Å². The maximum absolute atomic E-state index is 12.2. The molecule has 0 aliphatic heterocycles. The Hall–Kier alpha value is -0.720. The first kappa shape index (κ1) is 14.7. The fourth-order valence-electron chi connectivity index (χ4n) is 2.40. The largest absolute Gasteiger partial charge is 0.399 e. The number of hydrogen-bond acceptors (Lipinski definition) is 4. The smallest absolute Gasteiger partial charge is 0.240 e. The maximum Gasteiger partial charge on any atom is 0.240 e. The van der Waals surface area contributed by atoms with Crippen LogP contribution in [0.3, 0.4) is 0 Å². The molecule has 2 rings (SSSR count). The number of hydrogen-bond donors (Lipinski definition) is 2. The number of sulfonamides is 1. The van der Waals surface area contributed by atoms with E-state index in [2.05, 4.69) is 11.0 Å². The van der Waals surface area contributed by atoms with Gasteiger partial charge in [-0.3, -0.25) is 0 Å². The fourth-order valence-corrected chi connectivity index (χ4v) is 4.51. The van der Waals surface area contributed by atoms with E-state index < -0.39 is 10.0 Å². The molecule has 0 spiro atoms. The van der Waals surface area contributed by atoms with Gasteiger partial charge in [0, 0.05) is 17.0 Å². The van der Waals surface area contributed by atoms with Crippen LogP contribution in [0.1, 0.15) is 25.7 Å². The molecular weight excluding hydrogens is 280 g/mol. The number of anilines is 1. The molecule has 19 heavy (non-hydrogen) atoms. The molecule has 1 aliphatic rings. The minimum absolute atomic E-state index is 0.0498. The Balaban J connectivity index is 2.06. The first-order valence-electron chi connectivity index (χ1n) is 6.42. The van der Waals surface area contributed by atoms with Crippen molar-refractivity contribution in [1.82, 2.24) is 4.72 Å². The molecular formula is C13H20N2O2S2. The van der Waals surface area contributed by atoms with Gasteiger partial charge in [-0.15, -0.1) is 0 Å². The molecule has 106 valence electrons. The van der Waals surface area contributed by atoms with E-state index in [-0.39, 0.29) is 10.9 Å². The molecule has 1 saturated carbocycles. The second-order valence-corrected chi connectivity index (χ2v) is 7.76. The zero-order chi connectivity index (χ0) is 13.9. The lowest BCUT2D eigenvalue weighted by molar-refractivity contribution is 0.421. The zero-order valence-corrected chi connectivity index (χ0v) is 12.6. The van der Waals surface area contributed by atoms with Crippen LogP contribution in [-0.4, -0.2) is 26.0 Å². The highest BCUT2D eigenvalue weighted by Crippen LogP contribution is 2.27. The van der Waals surface area contributed by atoms with Crippen molar-refractivity contribution in [2.24, 2.45) is 0 Å². The third-order valence-corrected chi connectivity index (χ3v) is 6.10. The predicted octanol–water partition coefficient (Wildman–Crippen LogP) is 2.22. The monoisotopic (exact) mass is 300 g/mol. The summed E-state index contributed by atoms with van der Waals surface area (Å²) in [5.41, 5.74) is 6.14. The van der Waals surface area contributed by atoms with Crippen LogP contribution in [0.2, 0.25) is 0 Å². The second kappa shape index (κ2) is 6.15. The van der Waals surface area contributed by atoms with Crippen LogP contribution in [0.25, 0.3) is 0 Å². The molecule has 1 aromatic carbocycles. The quantitative estimate of drug-likeness (QED) is 0.836. The summed E-state index contributed by atoms with van der Waals surface area (Å²) < 4.78 is 27.3. The lowest BCUT2D eigenvalue weighted by Crippen LogP contribution is -2.39. The van der Waals surface area contributed by atoms with E-state index in [9.17, 15) is 8.42 Å². The van der Waals surface area contributed by atoms with Crippen LogP contribution in [0.5, 0.6) is 0 Å². The van der Waals surface area contributed by atoms with Gasteiger partial charge in [-0.05, 0) is 49.8 Å². The molecule has 0 aromatic heterocycles. The number of nitrogens with one attached hydrogen (secondary N) is 1. The maximum atomic E-state index is 12.2. The van der Waals surface area contributed by atoms with Gasteiger partial charge in [0.2, 0.25) is 10.0 Å². The van der Waals surface area contributed by atoms with Crippen molar-refractivity contribution >= 4 is 27.5 Å². The summed E-state index contributed by atoms with van der Waals surface area (Å²) in [7, 11) is -3.42. The average Bonchev–Trinajstić information content (AvgIpc) is 2.39. The Kier molecular flexibility index (Phi) is 4.76. The van der Waals surface area contributed by atoms with Gasteiger partial charge in [0.1, 0.15) is 0 Å². The topological polar surface area (TPSA) is 72.2 Å². The molecule has 4 nitrogen and oxygen atoms in total. The van der Waals surface area contributed by atoms with Gasteiger partial charge in [-0.25, -0.2) is 13.1 Å². The van der Waals surface area contributed by atoms with Crippen LogP contribution < -0.4 is 10.5 Å². The van der Waals surface area contributed by atoms with E-state index in [4.69, 9.17) is 5.73 Å². The molecule has 0 amide bonds. The van der Waals surface area contributed by atoms with E-state index in [0.29, 0.717) is 10.9 Å². The standard InChI is InChI=1S/C13H20N2O2S2/c1-18-12-4-2-3-11(9-12)15-19(16,17)13-7-5-10(14)6-8-13/h5-8,11-12,15H,2-4,9,14H2,1H3. The fraction of sp³-hybridized carbons (Fsp3) is 0.538.